The summed E-state index contributed by atoms with van der Waals surface area (Å²) in [6.07, 6.45) is 0. The number of hydrogen-bond donors (Lipinski definition) is 0. The highest BCUT2D eigenvalue weighted by Gasteiger charge is 2.50. The summed E-state index contributed by atoms with van der Waals surface area (Å²) in [5, 5.41) is 0. The monoisotopic (exact) mass is 329 g/mol. The first-order chi connectivity index (χ1) is 9.63. The van der Waals surface area contributed by atoms with Crippen LogP contribution in [0.25, 0.3) is 0 Å². The van der Waals surface area contributed by atoms with Crippen LogP contribution in [0.15, 0.2) is 34.8 Å². The molecule has 1 aromatic rings. The topological polar surface area (TPSA) is 55.7 Å². The van der Waals surface area contributed by atoms with Crippen molar-refractivity contribution in [3.63, 3.8) is 0 Å². The molecule has 1 unspecified atom stereocenters. The summed E-state index contributed by atoms with van der Waals surface area (Å²) in [5.74, 6) is -1.51. The van der Waals surface area contributed by atoms with Gasteiger partial charge in [-0.05, 0) is 27.7 Å². The first kappa shape index (κ1) is 17.7. The van der Waals surface area contributed by atoms with Crippen molar-refractivity contribution in [3.8, 4) is 0 Å². The molecular weight excluding hydrogens is 313 g/mol. The number of alkyl halides is 1. The van der Waals surface area contributed by atoms with Gasteiger partial charge in [0.25, 0.3) is 0 Å². The highest BCUT2D eigenvalue weighted by Crippen LogP contribution is 2.28. The van der Waals surface area contributed by atoms with Crippen LogP contribution in [0.4, 0.5) is 0 Å². The summed E-state index contributed by atoms with van der Waals surface area (Å²) in [5.41, 5.74) is -0.363. The van der Waals surface area contributed by atoms with Crippen LogP contribution in [0.5, 0.6) is 0 Å². The zero-order valence-electron chi connectivity index (χ0n) is 12.3. The van der Waals surface area contributed by atoms with Crippen molar-refractivity contribution in [2.24, 2.45) is 4.51 Å². The molecule has 0 aromatic heterocycles. The lowest BCUT2D eigenvalue weighted by Gasteiger charge is -2.28. The van der Waals surface area contributed by atoms with E-state index < -0.39 is 22.2 Å². The molecule has 114 valence electrons. The first-order valence-electron chi connectivity index (χ1n) is 6.31. The quantitative estimate of drug-likeness (QED) is 0.367. The van der Waals surface area contributed by atoms with Crippen LogP contribution in [0.2, 0.25) is 0 Å². The van der Waals surface area contributed by atoms with Gasteiger partial charge in [0.15, 0.2) is 5.78 Å². The predicted octanol–water partition coefficient (Wildman–Crippen LogP) is 3.54. The zero-order chi connectivity index (χ0) is 16.3. The Morgan fingerprint density at radius 1 is 1.14 bits per heavy atom. The van der Waals surface area contributed by atoms with Crippen molar-refractivity contribution in [2.45, 2.75) is 38.2 Å². The third kappa shape index (κ3) is 4.05. The van der Waals surface area contributed by atoms with Crippen molar-refractivity contribution >= 4 is 40.8 Å². The summed E-state index contributed by atoms with van der Waals surface area (Å²) >= 11 is 11.9. The first-order valence-corrected chi connectivity index (χ1v) is 7.02. The molecule has 0 aliphatic rings. The molecule has 0 spiro atoms. The number of ketones is 1. The van der Waals surface area contributed by atoms with Crippen molar-refractivity contribution < 1.29 is 14.3 Å². The van der Waals surface area contributed by atoms with Crippen molar-refractivity contribution in [3.05, 3.63) is 35.9 Å². The number of Topliss-reactive ketones (excluding diaryl/α,β-unsaturated/α-hetero) is 1. The summed E-state index contributed by atoms with van der Waals surface area (Å²) in [6, 6.07) is 8.55. The lowest BCUT2D eigenvalue weighted by atomic mass is 9.92. The van der Waals surface area contributed by atoms with E-state index in [0.29, 0.717) is 5.56 Å². The second-order valence-electron chi connectivity index (χ2n) is 5.52. The molecule has 21 heavy (non-hydrogen) atoms. The summed E-state index contributed by atoms with van der Waals surface area (Å²) < 4.78 is 8.78. The molecule has 0 saturated carbocycles. The van der Waals surface area contributed by atoms with E-state index in [1.807, 2.05) is 0 Å². The van der Waals surface area contributed by atoms with Gasteiger partial charge < -0.3 is 4.74 Å². The Morgan fingerprint density at radius 3 is 2.05 bits per heavy atom. The summed E-state index contributed by atoms with van der Waals surface area (Å²) in [6.45, 7) is 6.25. The van der Waals surface area contributed by atoms with Gasteiger partial charge in [-0.1, -0.05) is 41.9 Å². The minimum Gasteiger partial charge on any atom is -0.458 e. The lowest BCUT2D eigenvalue weighted by Crippen LogP contribution is -2.50. The molecule has 0 aliphatic carbocycles. The Hall–Kier alpha value is -1.39. The summed E-state index contributed by atoms with van der Waals surface area (Å²) in [4.78, 5) is 22.3. The number of hydrogen-bond acceptors (Lipinski definition) is 4. The molecular formula is C15H17Cl2NO3. The number of ether oxygens (including phenoxy) is 1. The van der Waals surface area contributed by atoms with Crippen molar-refractivity contribution in [2.75, 3.05) is 0 Å². The van der Waals surface area contributed by atoms with Gasteiger partial charge in [0.05, 0.1) is 0 Å². The van der Waals surface area contributed by atoms with E-state index in [1.165, 1.54) is 6.92 Å². The molecule has 0 saturated heterocycles. The fourth-order valence-corrected chi connectivity index (χ4v) is 2.12. The fraction of sp³-hybridized carbons (Fsp3) is 0.400. The van der Waals surface area contributed by atoms with Crippen molar-refractivity contribution in [1.82, 2.24) is 0 Å². The number of esters is 1. The molecule has 1 atom stereocenters. The van der Waals surface area contributed by atoms with E-state index in [-0.39, 0.29) is 5.71 Å². The fourth-order valence-electron chi connectivity index (χ4n) is 1.66. The van der Waals surface area contributed by atoms with Crippen LogP contribution in [0.1, 0.15) is 33.3 Å². The average Bonchev–Trinajstić information content (AvgIpc) is 2.38. The molecule has 0 aliphatic heterocycles. The molecule has 1 aromatic carbocycles. The molecule has 0 amide bonds. The molecule has 0 N–H and O–H groups in total. The maximum atomic E-state index is 12.4. The van der Waals surface area contributed by atoms with E-state index in [0.717, 1.165) is 0 Å². The van der Waals surface area contributed by atoms with Gasteiger partial charge in [-0.2, -0.15) is 4.51 Å². The van der Waals surface area contributed by atoms with Crippen LogP contribution in [-0.4, -0.2) is 27.9 Å². The lowest BCUT2D eigenvalue weighted by molar-refractivity contribution is -0.157. The maximum Gasteiger partial charge on any atom is 0.341 e. The Labute approximate surface area is 134 Å². The van der Waals surface area contributed by atoms with E-state index in [1.54, 1.807) is 51.1 Å². The number of carbonyl (C=O) groups is 2. The van der Waals surface area contributed by atoms with Gasteiger partial charge in [0.1, 0.15) is 11.3 Å². The Balaban J connectivity index is 3.33. The normalized spacial score (nSPS) is 15.2. The minimum absolute atomic E-state index is 0.0480. The van der Waals surface area contributed by atoms with E-state index >= 15 is 0 Å². The third-order valence-corrected chi connectivity index (χ3v) is 3.39. The van der Waals surface area contributed by atoms with E-state index in [2.05, 4.69) is 4.51 Å². The number of carbonyl (C=O) groups excluding carboxylic acids is 2. The average molecular weight is 330 g/mol. The van der Waals surface area contributed by atoms with Crippen LogP contribution in [-0.2, 0) is 14.3 Å². The number of benzene rings is 1. The van der Waals surface area contributed by atoms with Gasteiger partial charge in [0, 0.05) is 17.3 Å². The Morgan fingerprint density at radius 2 is 1.67 bits per heavy atom. The Bertz CT molecular complexity index is 564. The molecule has 0 heterocycles. The second kappa shape index (κ2) is 6.58. The molecule has 4 nitrogen and oxygen atoms in total. The van der Waals surface area contributed by atoms with Gasteiger partial charge in [-0.15, -0.1) is 0 Å². The largest absolute Gasteiger partial charge is 0.458 e. The highest BCUT2D eigenvalue weighted by molar-refractivity contribution is 6.60. The summed E-state index contributed by atoms with van der Waals surface area (Å²) in [7, 11) is 0. The zero-order valence-corrected chi connectivity index (χ0v) is 13.8. The van der Waals surface area contributed by atoms with Crippen LogP contribution in [0, 0.1) is 0 Å². The van der Waals surface area contributed by atoms with Crippen molar-refractivity contribution in [1.29, 1.82) is 0 Å². The highest BCUT2D eigenvalue weighted by atomic mass is 35.5. The SMILES string of the molecule is CC(=O)C(Cl)(C(=O)OC(C)(C)C)/C(=N/Cl)c1ccccc1. The molecule has 0 radical (unpaired) electrons. The minimum atomic E-state index is -2.07. The number of rotatable bonds is 4. The van der Waals surface area contributed by atoms with Gasteiger partial charge in [-0.3, -0.25) is 4.79 Å². The number of nitrogens with zero attached hydrogens (tertiary/aromatic N) is 1. The van der Waals surface area contributed by atoms with E-state index in [9.17, 15) is 9.59 Å². The second-order valence-corrected chi connectivity index (χ2v) is 6.25. The van der Waals surface area contributed by atoms with Gasteiger partial charge in [-0.25, -0.2) is 4.79 Å². The molecule has 0 bridgehead atoms. The van der Waals surface area contributed by atoms with Crippen LogP contribution < -0.4 is 0 Å². The smallest absolute Gasteiger partial charge is 0.341 e. The number of halogens is 2. The van der Waals surface area contributed by atoms with Crippen LogP contribution >= 0.6 is 23.4 Å². The standard InChI is InChI=1S/C15H17Cl2NO3/c1-10(19)15(16,13(20)21-14(2,3)4)12(18-17)11-8-6-5-7-9-11/h5-9H,1-4H3/b18-12+. The van der Waals surface area contributed by atoms with Crippen LogP contribution in [0.3, 0.4) is 0 Å². The van der Waals surface area contributed by atoms with E-state index in [4.69, 9.17) is 28.1 Å². The Kier molecular flexibility index (Phi) is 5.54. The van der Waals surface area contributed by atoms with Gasteiger partial charge >= 0.3 is 5.97 Å². The molecule has 6 heteroatoms. The molecule has 0 fully saturated rings. The maximum absolute atomic E-state index is 12.4. The predicted molar refractivity (Wildman–Crippen MR) is 83.9 cm³/mol. The third-order valence-electron chi connectivity index (χ3n) is 2.62. The molecule has 1 rings (SSSR count). The van der Waals surface area contributed by atoms with Gasteiger partial charge in [0.2, 0.25) is 4.87 Å².